The first-order chi connectivity index (χ1) is 25.7. The van der Waals surface area contributed by atoms with E-state index in [1.165, 1.54) is 48.0 Å². The maximum Gasteiger partial charge on any atom is 0.155 e. The predicted octanol–water partition coefficient (Wildman–Crippen LogP) is 13.3. The van der Waals surface area contributed by atoms with E-state index in [0.717, 1.165) is 51.0 Å². The van der Waals surface area contributed by atoms with Gasteiger partial charge in [-0.1, -0.05) is 146 Å². The van der Waals surface area contributed by atoms with E-state index in [4.69, 9.17) is 14.4 Å². The van der Waals surface area contributed by atoms with Gasteiger partial charge in [-0.05, 0) is 58.5 Å². The minimum Gasteiger partial charge on any atom is -0.456 e. The lowest BCUT2D eigenvalue weighted by molar-refractivity contribution is 0.533. The van der Waals surface area contributed by atoms with Crippen molar-refractivity contribution in [3.63, 3.8) is 0 Å². The van der Waals surface area contributed by atoms with E-state index >= 15 is 0 Å². The molecule has 1 unspecified atom stereocenters. The second-order valence-electron chi connectivity index (χ2n) is 13.5. The van der Waals surface area contributed by atoms with Crippen molar-refractivity contribution >= 4 is 65.0 Å². The molecule has 3 nitrogen and oxygen atoms in total. The fourth-order valence-electron chi connectivity index (χ4n) is 8.00. The molecule has 0 radical (unpaired) electrons. The Kier molecular flexibility index (Phi) is 7.43. The van der Waals surface area contributed by atoms with E-state index in [0.29, 0.717) is 0 Å². The third-order valence-electron chi connectivity index (χ3n) is 10.6. The lowest BCUT2D eigenvalue weighted by atomic mass is 9.80. The van der Waals surface area contributed by atoms with Gasteiger partial charge in [0.2, 0.25) is 0 Å². The molecule has 3 heterocycles. The summed E-state index contributed by atoms with van der Waals surface area (Å²) in [4.78, 5) is 11.0. The summed E-state index contributed by atoms with van der Waals surface area (Å²) in [6.07, 6.45) is 0.882. The Hall–Kier alpha value is -6.10. The van der Waals surface area contributed by atoms with Crippen LogP contribution < -0.4 is 0 Å². The lowest BCUT2D eigenvalue weighted by Gasteiger charge is -2.31. The molecule has 0 amide bonds. The highest BCUT2D eigenvalue weighted by Crippen LogP contribution is 2.45. The lowest BCUT2D eigenvalue weighted by Crippen LogP contribution is -2.28. The number of fused-ring (bicyclic) bond motifs is 6. The summed E-state index contributed by atoms with van der Waals surface area (Å²) in [5.74, 6) is 0.806. The van der Waals surface area contributed by atoms with Crippen LogP contribution in [0.25, 0.3) is 64.4 Å². The number of rotatable bonds is 6. The smallest absolute Gasteiger partial charge is 0.155 e. The highest BCUT2D eigenvalue weighted by Gasteiger charge is 2.34. The van der Waals surface area contributed by atoms with Crippen molar-refractivity contribution in [2.24, 2.45) is 15.9 Å². The molecule has 2 atom stereocenters. The van der Waals surface area contributed by atoms with Crippen LogP contribution in [0.1, 0.15) is 36.1 Å². The average molecular weight is 687 g/mol. The molecule has 52 heavy (non-hydrogen) atoms. The second-order valence-corrected chi connectivity index (χ2v) is 14.6. The predicted molar refractivity (Wildman–Crippen MR) is 220 cm³/mol. The van der Waals surface area contributed by atoms with Crippen LogP contribution in [0, 0.1) is 5.92 Å². The largest absolute Gasteiger partial charge is 0.456 e. The topological polar surface area (TPSA) is 37.9 Å². The SMILES string of the molecule is CC[C@@H]1C(c2ccc3c(c2)oc2ccccc23)=NC(c2ccc(-c3ccccc3)cc2)=NC1c1ccccc1-c1cccc2c1sc1ccccc12. The molecule has 0 N–H and O–H groups in total. The van der Waals surface area contributed by atoms with E-state index in [2.05, 4.69) is 159 Å². The van der Waals surface area contributed by atoms with Crippen molar-refractivity contribution < 1.29 is 4.42 Å². The first kappa shape index (κ1) is 30.7. The highest BCUT2D eigenvalue weighted by atomic mass is 32.1. The number of amidine groups is 1. The van der Waals surface area contributed by atoms with Crippen LogP contribution in [0.2, 0.25) is 0 Å². The van der Waals surface area contributed by atoms with Gasteiger partial charge in [-0.15, -0.1) is 11.3 Å². The summed E-state index contributed by atoms with van der Waals surface area (Å²) < 4.78 is 9.01. The molecule has 9 aromatic rings. The zero-order valence-corrected chi connectivity index (χ0v) is 29.5. The normalized spacial score (nSPS) is 16.1. The average Bonchev–Trinajstić information content (AvgIpc) is 3.79. The second kappa shape index (κ2) is 12.6. The Morgan fingerprint density at radius 3 is 2.06 bits per heavy atom. The van der Waals surface area contributed by atoms with Gasteiger partial charge >= 0.3 is 0 Å². The zero-order chi connectivity index (χ0) is 34.6. The van der Waals surface area contributed by atoms with Gasteiger partial charge < -0.3 is 4.42 Å². The maximum atomic E-state index is 6.39. The van der Waals surface area contributed by atoms with Crippen molar-refractivity contribution in [3.8, 4) is 22.3 Å². The maximum absolute atomic E-state index is 6.39. The highest BCUT2D eigenvalue weighted by molar-refractivity contribution is 7.26. The van der Waals surface area contributed by atoms with Crippen LogP contribution in [0.3, 0.4) is 0 Å². The molecule has 0 aliphatic carbocycles. The Morgan fingerprint density at radius 2 is 1.19 bits per heavy atom. The van der Waals surface area contributed by atoms with Crippen molar-refractivity contribution in [2.75, 3.05) is 0 Å². The van der Waals surface area contributed by atoms with E-state index < -0.39 is 0 Å². The Balaban J connectivity index is 1.15. The number of para-hydroxylation sites is 1. The van der Waals surface area contributed by atoms with Gasteiger partial charge in [0.25, 0.3) is 0 Å². The number of benzene rings is 7. The van der Waals surface area contributed by atoms with Gasteiger partial charge in [0.05, 0.1) is 11.8 Å². The van der Waals surface area contributed by atoms with E-state index in [1.54, 1.807) is 0 Å². The molecule has 0 bridgehead atoms. The van der Waals surface area contributed by atoms with Gasteiger partial charge in [0.1, 0.15) is 11.2 Å². The van der Waals surface area contributed by atoms with E-state index in [1.807, 2.05) is 23.5 Å². The van der Waals surface area contributed by atoms with Crippen molar-refractivity contribution in [3.05, 3.63) is 180 Å². The molecule has 1 aliphatic heterocycles. The van der Waals surface area contributed by atoms with Crippen LogP contribution in [0.5, 0.6) is 0 Å². The number of hydrogen-bond acceptors (Lipinski definition) is 4. The van der Waals surface area contributed by atoms with Crippen LogP contribution in [0.15, 0.2) is 178 Å². The zero-order valence-electron chi connectivity index (χ0n) is 28.7. The Morgan fingerprint density at radius 1 is 0.538 bits per heavy atom. The van der Waals surface area contributed by atoms with Crippen molar-refractivity contribution in [1.29, 1.82) is 0 Å². The molecular formula is C48H34N2OS. The molecular weight excluding hydrogens is 653 g/mol. The quantitative estimate of drug-likeness (QED) is 0.172. The Labute approximate surface area is 306 Å². The number of aliphatic imine (C=N–C) groups is 2. The number of furan rings is 1. The van der Waals surface area contributed by atoms with Crippen LogP contribution in [-0.2, 0) is 0 Å². The van der Waals surface area contributed by atoms with Gasteiger partial charge in [-0.3, -0.25) is 4.99 Å². The fourth-order valence-corrected chi connectivity index (χ4v) is 9.24. The minimum absolute atomic E-state index is 0.0527. The molecule has 7 aromatic carbocycles. The first-order valence-electron chi connectivity index (χ1n) is 18.0. The monoisotopic (exact) mass is 686 g/mol. The molecule has 0 spiro atoms. The summed E-state index contributed by atoms with van der Waals surface area (Å²) in [6, 6.07) is 58.2. The molecule has 1 aliphatic rings. The molecule has 2 aromatic heterocycles. The van der Waals surface area contributed by atoms with Crippen molar-refractivity contribution in [1.82, 2.24) is 0 Å². The number of nitrogens with zero attached hydrogens (tertiary/aromatic N) is 2. The molecule has 248 valence electrons. The Bertz CT molecular complexity index is 2840. The molecule has 4 heteroatoms. The third kappa shape index (κ3) is 5.10. The van der Waals surface area contributed by atoms with Crippen molar-refractivity contribution in [2.45, 2.75) is 19.4 Å². The van der Waals surface area contributed by atoms with Gasteiger partial charge in [0.15, 0.2) is 5.84 Å². The summed E-state index contributed by atoms with van der Waals surface area (Å²) in [7, 11) is 0. The van der Waals surface area contributed by atoms with Crippen LogP contribution in [0.4, 0.5) is 0 Å². The molecule has 0 fully saturated rings. The van der Waals surface area contributed by atoms with Gasteiger partial charge in [-0.2, -0.15) is 0 Å². The fraction of sp³-hybridized carbons (Fsp3) is 0.0833. The van der Waals surface area contributed by atoms with E-state index in [-0.39, 0.29) is 12.0 Å². The number of hydrogen-bond donors (Lipinski definition) is 0. The minimum atomic E-state index is -0.145. The van der Waals surface area contributed by atoms with E-state index in [9.17, 15) is 0 Å². The summed E-state index contributed by atoms with van der Waals surface area (Å²) >= 11 is 1.87. The standard InChI is InChI=1S/C48H34N2OS/c1-2-34-45(33-27-28-37-36-16-8-10-21-42(36)51-43(37)29-33)49-48(32-25-23-31(24-26-32)30-13-4-3-5-14-30)50-46(34)39-18-7-6-15-35(39)40-19-12-20-41-38-17-9-11-22-44(38)52-47(40)41/h3-29,34,46H,2H2,1H3/t34-,46?/m1/s1. The van der Waals surface area contributed by atoms with Crippen LogP contribution >= 0.6 is 11.3 Å². The third-order valence-corrected chi connectivity index (χ3v) is 11.8. The first-order valence-corrected chi connectivity index (χ1v) is 18.8. The molecule has 0 saturated carbocycles. The summed E-state index contributed by atoms with van der Waals surface area (Å²) in [5.41, 5.74) is 10.9. The van der Waals surface area contributed by atoms with Gasteiger partial charge in [0, 0.05) is 48.0 Å². The molecule has 0 saturated heterocycles. The number of thiophene rings is 1. The van der Waals surface area contributed by atoms with Crippen LogP contribution in [-0.4, -0.2) is 11.5 Å². The van der Waals surface area contributed by atoms with Gasteiger partial charge in [-0.25, -0.2) is 4.99 Å². The summed E-state index contributed by atoms with van der Waals surface area (Å²) in [5, 5.41) is 4.85. The molecule has 10 rings (SSSR count). The summed E-state index contributed by atoms with van der Waals surface area (Å²) in [6.45, 7) is 2.26.